The molecule has 9 heteroatoms. The van der Waals surface area contributed by atoms with Gasteiger partial charge < -0.3 is 14.4 Å². The minimum absolute atomic E-state index is 0.0242. The maximum absolute atomic E-state index is 13.4. The van der Waals surface area contributed by atoms with Crippen molar-refractivity contribution in [3.05, 3.63) is 59.1 Å². The predicted octanol–water partition coefficient (Wildman–Crippen LogP) is 2.44. The van der Waals surface area contributed by atoms with E-state index in [1.54, 1.807) is 4.90 Å². The molecule has 0 aromatic heterocycles. The van der Waals surface area contributed by atoms with Crippen molar-refractivity contribution >= 4 is 27.5 Å². The van der Waals surface area contributed by atoms with E-state index in [1.807, 2.05) is 30.3 Å². The smallest absolute Gasteiger partial charge is 0.243 e. The normalized spacial score (nSPS) is 14.7. The Balaban J connectivity index is 1.84. The van der Waals surface area contributed by atoms with E-state index in [2.05, 4.69) is 0 Å². The number of halogens is 1. The van der Waals surface area contributed by atoms with Gasteiger partial charge >= 0.3 is 0 Å². The molecular formula is C21H25ClN2O5S. The van der Waals surface area contributed by atoms with Crippen molar-refractivity contribution < 1.29 is 22.7 Å². The second-order valence-electron chi connectivity index (χ2n) is 6.86. The highest BCUT2D eigenvalue weighted by molar-refractivity contribution is 7.89. The number of ether oxygens (including phenoxy) is 2. The second-order valence-corrected chi connectivity index (χ2v) is 9.21. The molecule has 0 saturated carbocycles. The third-order valence-corrected chi connectivity index (χ3v) is 7.07. The van der Waals surface area contributed by atoms with Gasteiger partial charge in [0.2, 0.25) is 15.9 Å². The van der Waals surface area contributed by atoms with Gasteiger partial charge in [0.1, 0.15) is 5.75 Å². The third-order valence-electron chi connectivity index (χ3n) is 4.93. The van der Waals surface area contributed by atoms with E-state index in [0.717, 1.165) is 5.56 Å². The van der Waals surface area contributed by atoms with Crippen molar-refractivity contribution in [2.24, 2.45) is 0 Å². The number of nitrogens with zero attached hydrogens (tertiary/aromatic N) is 2. The molecule has 2 aromatic rings. The Kier molecular flexibility index (Phi) is 7.71. The van der Waals surface area contributed by atoms with Crippen molar-refractivity contribution in [2.45, 2.75) is 11.3 Å². The van der Waals surface area contributed by atoms with Crippen LogP contribution in [0.15, 0.2) is 53.4 Å². The maximum atomic E-state index is 13.4. The number of benzene rings is 2. The molecule has 0 unspecified atom stereocenters. The molecule has 2 aromatic carbocycles. The van der Waals surface area contributed by atoms with Gasteiger partial charge in [-0.3, -0.25) is 4.79 Å². The summed E-state index contributed by atoms with van der Waals surface area (Å²) in [7, 11) is -2.48. The molecule has 0 atom stereocenters. The van der Waals surface area contributed by atoms with Crippen LogP contribution in [-0.2, 0) is 26.0 Å². The number of amides is 1. The lowest BCUT2D eigenvalue weighted by Crippen LogP contribution is -2.47. The van der Waals surface area contributed by atoms with Crippen LogP contribution in [0.5, 0.6) is 5.75 Å². The molecule has 0 radical (unpaired) electrons. The number of carbonyl (C=O) groups excluding carboxylic acids is 1. The first-order valence-electron chi connectivity index (χ1n) is 9.65. The fourth-order valence-electron chi connectivity index (χ4n) is 3.20. The van der Waals surface area contributed by atoms with Crippen LogP contribution in [0, 0.1) is 0 Å². The van der Waals surface area contributed by atoms with E-state index in [4.69, 9.17) is 21.1 Å². The number of methoxy groups -OCH3 is 1. The summed E-state index contributed by atoms with van der Waals surface area (Å²) in [5, 5.41) is 0.195. The van der Waals surface area contributed by atoms with Crippen LogP contribution in [0.2, 0.25) is 5.02 Å². The number of hydrogen-bond donors (Lipinski definition) is 0. The highest BCUT2D eigenvalue weighted by atomic mass is 35.5. The lowest BCUT2D eigenvalue weighted by Gasteiger charge is -2.29. The van der Waals surface area contributed by atoms with E-state index in [-0.39, 0.29) is 28.9 Å². The van der Waals surface area contributed by atoms with Gasteiger partial charge in [0.15, 0.2) is 0 Å². The molecule has 162 valence electrons. The lowest BCUT2D eigenvalue weighted by molar-refractivity contribution is -0.135. The summed E-state index contributed by atoms with van der Waals surface area (Å²) in [5.41, 5.74) is 0.990. The number of carbonyl (C=O) groups is 1. The van der Waals surface area contributed by atoms with Crippen molar-refractivity contribution in [2.75, 3.05) is 46.5 Å². The van der Waals surface area contributed by atoms with E-state index in [0.29, 0.717) is 38.5 Å². The Morgan fingerprint density at radius 1 is 1.17 bits per heavy atom. The summed E-state index contributed by atoms with van der Waals surface area (Å²) in [6.45, 7) is 1.76. The summed E-state index contributed by atoms with van der Waals surface area (Å²) in [4.78, 5) is 14.4. The second kappa shape index (κ2) is 10.3. The fourth-order valence-corrected chi connectivity index (χ4v) is 4.94. The molecule has 0 aliphatic carbocycles. The van der Waals surface area contributed by atoms with Gasteiger partial charge in [-0.25, -0.2) is 8.42 Å². The van der Waals surface area contributed by atoms with Gasteiger partial charge in [-0.1, -0.05) is 41.9 Å². The molecule has 7 nitrogen and oxygen atoms in total. The topological polar surface area (TPSA) is 76.2 Å². The Hall–Kier alpha value is -2.13. The Bertz CT molecular complexity index is 963. The number of rotatable bonds is 8. The summed E-state index contributed by atoms with van der Waals surface area (Å²) in [5.74, 6) is 0.144. The predicted molar refractivity (Wildman–Crippen MR) is 114 cm³/mol. The van der Waals surface area contributed by atoms with Crippen molar-refractivity contribution in [1.82, 2.24) is 9.21 Å². The zero-order chi connectivity index (χ0) is 21.6. The standard InChI is InChI=1S/C21H25ClN2O5S/c1-28-20-8-7-18(15-19(20)22)30(26,27)24(10-9-17-5-3-2-4-6-17)16-21(25)23-11-13-29-14-12-23/h2-8,15H,9-14,16H2,1H3. The summed E-state index contributed by atoms with van der Waals surface area (Å²) in [6.07, 6.45) is 0.486. The fraction of sp³-hybridized carbons (Fsp3) is 0.381. The van der Waals surface area contributed by atoms with E-state index < -0.39 is 10.0 Å². The summed E-state index contributed by atoms with van der Waals surface area (Å²) >= 11 is 6.14. The van der Waals surface area contributed by atoms with Gasteiger partial charge in [-0.2, -0.15) is 4.31 Å². The number of hydrogen-bond acceptors (Lipinski definition) is 5. The average Bonchev–Trinajstić information content (AvgIpc) is 2.77. The Morgan fingerprint density at radius 3 is 2.50 bits per heavy atom. The summed E-state index contributed by atoms with van der Waals surface area (Å²) in [6, 6.07) is 13.9. The number of sulfonamides is 1. The molecular weight excluding hydrogens is 428 g/mol. The number of morpholine rings is 1. The van der Waals surface area contributed by atoms with Crippen LogP contribution < -0.4 is 4.74 Å². The van der Waals surface area contributed by atoms with E-state index in [1.165, 1.54) is 29.6 Å². The maximum Gasteiger partial charge on any atom is 0.243 e. The van der Waals surface area contributed by atoms with Crippen LogP contribution in [0.1, 0.15) is 5.56 Å². The van der Waals surface area contributed by atoms with Gasteiger partial charge in [0.05, 0.1) is 36.8 Å². The van der Waals surface area contributed by atoms with Crippen LogP contribution >= 0.6 is 11.6 Å². The highest BCUT2D eigenvalue weighted by Gasteiger charge is 2.29. The minimum Gasteiger partial charge on any atom is -0.495 e. The summed E-state index contributed by atoms with van der Waals surface area (Å²) < 4.78 is 38.3. The van der Waals surface area contributed by atoms with Crippen molar-refractivity contribution in [1.29, 1.82) is 0 Å². The zero-order valence-electron chi connectivity index (χ0n) is 16.8. The van der Waals surface area contributed by atoms with Gasteiger partial charge in [-0.05, 0) is 30.2 Å². The lowest BCUT2D eigenvalue weighted by atomic mass is 10.1. The Labute approximate surface area is 182 Å². The Morgan fingerprint density at radius 2 is 1.87 bits per heavy atom. The zero-order valence-corrected chi connectivity index (χ0v) is 18.4. The van der Waals surface area contributed by atoms with Crippen molar-refractivity contribution in [3.8, 4) is 5.75 Å². The van der Waals surface area contributed by atoms with Crippen molar-refractivity contribution in [3.63, 3.8) is 0 Å². The molecule has 0 N–H and O–H groups in total. The molecule has 1 aliphatic heterocycles. The highest BCUT2D eigenvalue weighted by Crippen LogP contribution is 2.28. The molecule has 3 rings (SSSR count). The monoisotopic (exact) mass is 452 g/mol. The minimum atomic E-state index is -3.94. The van der Waals surface area contributed by atoms with Crippen LogP contribution in [0.3, 0.4) is 0 Å². The molecule has 1 aliphatic rings. The largest absolute Gasteiger partial charge is 0.495 e. The first-order valence-corrected chi connectivity index (χ1v) is 11.5. The van der Waals surface area contributed by atoms with Crippen LogP contribution in [0.4, 0.5) is 0 Å². The van der Waals surface area contributed by atoms with Gasteiger partial charge in [-0.15, -0.1) is 0 Å². The molecule has 30 heavy (non-hydrogen) atoms. The third kappa shape index (κ3) is 5.51. The molecule has 1 heterocycles. The van der Waals surface area contributed by atoms with Crippen LogP contribution in [0.25, 0.3) is 0 Å². The van der Waals surface area contributed by atoms with Gasteiger partial charge in [0, 0.05) is 19.6 Å². The molecule has 0 bridgehead atoms. The molecule has 1 saturated heterocycles. The molecule has 1 amide bonds. The quantitative estimate of drug-likeness (QED) is 0.615. The average molecular weight is 453 g/mol. The molecule has 0 spiro atoms. The first-order chi connectivity index (χ1) is 14.4. The van der Waals surface area contributed by atoms with Gasteiger partial charge in [0.25, 0.3) is 0 Å². The van der Waals surface area contributed by atoms with Crippen LogP contribution in [-0.4, -0.2) is 70.0 Å². The molecule has 1 fully saturated rings. The SMILES string of the molecule is COc1ccc(S(=O)(=O)N(CCc2ccccc2)CC(=O)N2CCOCC2)cc1Cl. The first kappa shape index (κ1) is 22.6. The van der Waals surface area contributed by atoms with E-state index >= 15 is 0 Å². The van der Waals surface area contributed by atoms with E-state index in [9.17, 15) is 13.2 Å².